The minimum atomic E-state index is -5.97. The molecule has 2 aliphatic rings. The van der Waals surface area contributed by atoms with Crippen LogP contribution in [0.5, 0.6) is 0 Å². The predicted octanol–water partition coefficient (Wildman–Crippen LogP) is 5.08. The predicted molar refractivity (Wildman–Crippen MR) is 39.6 cm³/mol. The standard InChI is InChI=1S/2C4F8/c2*5-1(6)2(7,8)4(11,12)3(1,9)10. The van der Waals surface area contributed by atoms with Gasteiger partial charge in [-0.2, -0.15) is 70.2 Å². The van der Waals surface area contributed by atoms with Gasteiger partial charge in [-0.15, -0.1) is 0 Å². The van der Waals surface area contributed by atoms with Crippen molar-refractivity contribution in [3.8, 4) is 0 Å². The molecule has 0 aromatic rings. The first kappa shape index (κ1) is 20.9. The van der Waals surface area contributed by atoms with E-state index in [9.17, 15) is 70.2 Å². The molecule has 0 radical (unpaired) electrons. The minimum absolute atomic E-state index is 5.97. The molecular weight excluding hydrogens is 400 g/mol. The molecule has 0 aromatic heterocycles. The first-order valence-corrected chi connectivity index (χ1v) is 5.02. The fourth-order valence-electron chi connectivity index (χ4n) is 1.45. The Balaban J connectivity index is 0.000000240. The van der Waals surface area contributed by atoms with Crippen LogP contribution in [0.4, 0.5) is 70.2 Å². The SMILES string of the molecule is FC1(F)C(F)(F)C(F)(F)C1(F)F.FC1(F)C(F)(F)C(F)(F)C1(F)F. The highest BCUT2D eigenvalue weighted by Crippen LogP contribution is 2.70. The quantitative estimate of drug-likeness (QED) is 0.498. The van der Waals surface area contributed by atoms with Crippen LogP contribution >= 0.6 is 0 Å². The summed E-state index contributed by atoms with van der Waals surface area (Å²) in [5.74, 6) is -47.8. The molecule has 0 bridgehead atoms. The Kier molecular flexibility index (Phi) is 3.78. The zero-order valence-electron chi connectivity index (χ0n) is 10.0. The molecule has 2 aliphatic carbocycles. The number of alkyl halides is 16. The van der Waals surface area contributed by atoms with E-state index >= 15 is 0 Å². The molecule has 0 unspecified atom stereocenters. The Morgan fingerprint density at radius 2 is 0.208 bits per heavy atom. The zero-order valence-corrected chi connectivity index (χ0v) is 10.0. The number of hydrogen-bond donors (Lipinski definition) is 0. The molecule has 0 aliphatic heterocycles. The van der Waals surface area contributed by atoms with Crippen LogP contribution in [0.1, 0.15) is 0 Å². The largest absolute Gasteiger partial charge is 0.385 e. The molecule has 0 atom stereocenters. The Morgan fingerprint density at radius 3 is 0.250 bits per heavy atom. The van der Waals surface area contributed by atoms with Crippen molar-refractivity contribution in [1.82, 2.24) is 0 Å². The molecule has 16 heteroatoms. The van der Waals surface area contributed by atoms with Crippen molar-refractivity contribution in [2.45, 2.75) is 47.4 Å². The molecular formula is C8F16. The monoisotopic (exact) mass is 400 g/mol. The summed E-state index contributed by atoms with van der Waals surface area (Å²) in [7, 11) is 0. The van der Waals surface area contributed by atoms with Crippen LogP contribution in [-0.2, 0) is 0 Å². The lowest BCUT2D eigenvalue weighted by Crippen LogP contribution is -2.82. The van der Waals surface area contributed by atoms with E-state index in [1.54, 1.807) is 0 Å². The molecule has 2 saturated carbocycles. The molecule has 0 saturated heterocycles. The summed E-state index contributed by atoms with van der Waals surface area (Å²) in [6, 6.07) is 0. The second-order valence-electron chi connectivity index (χ2n) is 4.60. The van der Waals surface area contributed by atoms with Crippen LogP contribution in [0.25, 0.3) is 0 Å². The van der Waals surface area contributed by atoms with Crippen LogP contribution in [0.2, 0.25) is 0 Å². The van der Waals surface area contributed by atoms with E-state index < -0.39 is 47.4 Å². The fourth-order valence-corrected chi connectivity index (χ4v) is 1.45. The third kappa shape index (κ3) is 1.64. The molecule has 0 aromatic carbocycles. The van der Waals surface area contributed by atoms with Crippen molar-refractivity contribution in [3.63, 3.8) is 0 Å². The summed E-state index contributed by atoms with van der Waals surface area (Å²) in [6.07, 6.45) is 0. The molecule has 2 fully saturated rings. The van der Waals surface area contributed by atoms with E-state index in [0.29, 0.717) is 0 Å². The molecule has 2 rings (SSSR count). The molecule has 144 valence electrons. The van der Waals surface area contributed by atoms with E-state index in [0.717, 1.165) is 0 Å². The van der Waals surface area contributed by atoms with Crippen molar-refractivity contribution in [2.75, 3.05) is 0 Å². The third-order valence-electron chi connectivity index (χ3n) is 3.15. The van der Waals surface area contributed by atoms with Crippen LogP contribution in [0.15, 0.2) is 0 Å². The van der Waals surface area contributed by atoms with Gasteiger partial charge in [0.15, 0.2) is 0 Å². The first-order valence-electron chi connectivity index (χ1n) is 5.02. The molecule has 0 heterocycles. The average Bonchev–Trinajstić information content (AvgIpc) is 2.36. The highest BCUT2D eigenvalue weighted by Gasteiger charge is 3.02. The molecule has 0 spiro atoms. The van der Waals surface area contributed by atoms with Gasteiger partial charge in [-0.1, -0.05) is 0 Å². The van der Waals surface area contributed by atoms with Crippen LogP contribution in [-0.4, -0.2) is 47.4 Å². The van der Waals surface area contributed by atoms with Gasteiger partial charge in [0.1, 0.15) is 0 Å². The van der Waals surface area contributed by atoms with Crippen molar-refractivity contribution >= 4 is 0 Å². The summed E-state index contributed by atoms with van der Waals surface area (Å²) in [4.78, 5) is 0. The van der Waals surface area contributed by atoms with E-state index in [2.05, 4.69) is 0 Å². The smallest absolute Gasteiger partial charge is 0.192 e. The van der Waals surface area contributed by atoms with Gasteiger partial charge in [-0.25, -0.2) is 0 Å². The van der Waals surface area contributed by atoms with E-state index in [-0.39, 0.29) is 0 Å². The van der Waals surface area contributed by atoms with Crippen LogP contribution < -0.4 is 0 Å². The highest BCUT2D eigenvalue weighted by atomic mass is 19.4. The number of hydrogen-bond acceptors (Lipinski definition) is 0. The summed E-state index contributed by atoms with van der Waals surface area (Å²) in [5.41, 5.74) is 0. The summed E-state index contributed by atoms with van der Waals surface area (Å²) in [5, 5.41) is 0. The van der Waals surface area contributed by atoms with Gasteiger partial charge in [0.25, 0.3) is 0 Å². The van der Waals surface area contributed by atoms with Gasteiger partial charge in [0.05, 0.1) is 0 Å². The summed E-state index contributed by atoms with van der Waals surface area (Å²) < 4.78 is 186. The number of rotatable bonds is 0. The minimum Gasteiger partial charge on any atom is -0.192 e. The van der Waals surface area contributed by atoms with E-state index in [1.807, 2.05) is 0 Å². The van der Waals surface area contributed by atoms with Crippen LogP contribution in [0.3, 0.4) is 0 Å². The van der Waals surface area contributed by atoms with Crippen LogP contribution in [0, 0.1) is 0 Å². The van der Waals surface area contributed by atoms with Gasteiger partial charge >= 0.3 is 47.4 Å². The number of halogens is 16. The Morgan fingerprint density at radius 1 is 0.167 bits per heavy atom. The summed E-state index contributed by atoms with van der Waals surface area (Å²) >= 11 is 0. The van der Waals surface area contributed by atoms with Gasteiger partial charge in [-0.3, -0.25) is 0 Å². The molecule has 0 amide bonds. The molecule has 24 heavy (non-hydrogen) atoms. The van der Waals surface area contributed by atoms with Crippen molar-refractivity contribution < 1.29 is 70.2 Å². The summed E-state index contributed by atoms with van der Waals surface area (Å²) in [6.45, 7) is 0. The lowest BCUT2D eigenvalue weighted by Gasteiger charge is -2.49. The van der Waals surface area contributed by atoms with Gasteiger partial charge in [-0.05, 0) is 0 Å². The fraction of sp³-hybridized carbons (Fsp3) is 1.00. The Hall–Kier alpha value is -1.12. The second-order valence-corrected chi connectivity index (χ2v) is 4.60. The van der Waals surface area contributed by atoms with Gasteiger partial charge in [0, 0.05) is 0 Å². The van der Waals surface area contributed by atoms with Gasteiger partial charge < -0.3 is 0 Å². The highest BCUT2D eigenvalue weighted by molar-refractivity contribution is 5.23. The lowest BCUT2D eigenvalue weighted by molar-refractivity contribution is -0.506. The van der Waals surface area contributed by atoms with Gasteiger partial charge in [0.2, 0.25) is 0 Å². The second kappa shape index (κ2) is 4.34. The Labute approximate surface area is 119 Å². The molecule has 0 N–H and O–H groups in total. The normalized spacial score (nSPS) is 34.0. The van der Waals surface area contributed by atoms with Crippen molar-refractivity contribution in [2.24, 2.45) is 0 Å². The maximum absolute atomic E-state index is 11.6. The lowest BCUT2D eigenvalue weighted by atomic mass is 9.80. The van der Waals surface area contributed by atoms with Crippen molar-refractivity contribution in [3.05, 3.63) is 0 Å². The third-order valence-corrected chi connectivity index (χ3v) is 3.15. The molecule has 0 nitrogen and oxygen atoms in total. The van der Waals surface area contributed by atoms with E-state index in [1.165, 1.54) is 0 Å². The maximum atomic E-state index is 11.6. The Bertz CT molecular complexity index is 350. The van der Waals surface area contributed by atoms with Crippen molar-refractivity contribution in [1.29, 1.82) is 0 Å². The maximum Gasteiger partial charge on any atom is 0.385 e. The first-order chi connectivity index (χ1) is 10.0. The zero-order chi connectivity index (χ0) is 20.0. The average molecular weight is 400 g/mol. The topological polar surface area (TPSA) is 0 Å². The van der Waals surface area contributed by atoms with E-state index in [4.69, 9.17) is 0 Å².